The summed E-state index contributed by atoms with van der Waals surface area (Å²) >= 11 is 2.46. The van der Waals surface area contributed by atoms with E-state index in [0.717, 1.165) is 42.1 Å². The number of hydrogen-bond donors (Lipinski definition) is 1. The largest absolute Gasteiger partial charge is 0.351 e. The van der Waals surface area contributed by atoms with Crippen LogP contribution >= 0.6 is 22.9 Å². The molecule has 2 aromatic heterocycles. The molecule has 1 aliphatic rings. The van der Waals surface area contributed by atoms with Gasteiger partial charge in [-0.15, -0.1) is 16.4 Å². The van der Waals surface area contributed by atoms with Crippen molar-refractivity contribution in [2.75, 3.05) is 4.90 Å². The maximum Gasteiger partial charge on any atom is 0.280 e. The van der Waals surface area contributed by atoms with Crippen molar-refractivity contribution in [2.24, 2.45) is 0 Å². The van der Waals surface area contributed by atoms with Gasteiger partial charge < -0.3 is 5.32 Å². The summed E-state index contributed by atoms with van der Waals surface area (Å²) in [5.74, 6) is -1.12. The Morgan fingerprint density at radius 2 is 1.93 bits per heavy atom. The van der Waals surface area contributed by atoms with E-state index in [1.165, 1.54) is 40.5 Å². The number of thiophene rings is 1. The van der Waals surface area contributed by atoms with Crippen molar-refractivity contribution in [2.45, 2.75) is 37.8 Å². The minimum absolute atomic E-state index is 0.107. The molecular formula is C20H19FN4O2S2. The first-order valence-electron chi connectivity index (χ1n) is 9.33. The lowest BCUT2D eigenvalue weighted by Gasteiger charge is -2.31. The minimum atomic E-state index is -0.879. The second kappa shape index (κ2) is 8.79. The molecule has 1 unspecified atom stereocenters. The monoisotopic (exact) mass is 430 g/mol. The highest BCUT2D eigenvalue weighted by Gasteiger charge is 2.36. The van der Waals surface area contributed by atoms with Crippen molar-refractivity contribution >= 4 is 40.4 Å². The van der Waals surface area contributed by atoms with Crippen LogP contribution in [0.3, 0.4) is 0 Å². The second-order valence-corrected chi connectivity index (χ2v) is 8.44. The number of carbonyl (C=O) groups excluding carboxylic acids is 2. The summed E-state index contributed by atoms with van der Waals surface area (Å²) in [6, 6.07) is 8.43. The van der Waals surface area contributed by atoms with Crippen LogP contribution in [0.15, 0.2) is 47.2 Å². The van der Waals surface area contributed by atoms with Crippen molar-refractivity contribution in [3.05, 3.63) is 63.5 Å². The topological polar surface area (TPSA) is 75.2 Å². The summed E-state index contributed by atoms with van der Waals surface area (Å²) in [4.78, 5) is 28.8. The summed E-state index contributed by atoms with van der Waals surface area (Å²) < 4.78 is 17.3. The van der Waals surface area contributed by atoms with Gasteiger partial charge in [0.05, 0.1) is 0 Å². The van der Waals surface area contributed by atoms with E-state index in [2.05, 4.69) is 14.9 Å². The molecule has 0 saturated heterocycles. The molecule has 1 atom stereocenters. The Bertz CT molecular complexity index is 955. The van der Waals surface area contributed by atoms with E-state index in [1.807, 2.05) is 17.5 Å². The van der Waals surface area contributed by atoms with Crippen LogP contribution in [-0.2, 0) is 4.79 Å². The van der Waals surface area contributed by atoms with Crippen molar-refractivity contribution in [1.29, 1.82) is 0 Å². The van der Waals surface area contributed by atoms with Crippen LogP contribution in [0.1, 0.15) is 47.1 Å². The number of hydrogen-bond acceptors (Lipinski definition) is 6. The lowest BCUT2D eigenvalue weighted by Crippen LogP contribution is -2.46. The summed E-state index contributed by atoms with van der Waals surface area (Å²) in [7, 11) is 0. The molecule has 150 valence electrons. The van der Waals surface area contributed by atoms with Gasteiger partial charge in [0.15, 0.2) is 11.7 Å². The van der Waals surface area contributed by atoms with Gasteiger partial charge in [0.25, 0.3) is 5.91 Å². The number of rotatable bonds is 6. The summed E-state index contributed by atoms with van der Waals surface area (Å²) in [5.41, 5.74) is 0.568. The van der Waals surface area contributed by atoms with E-state index in [9.17, 15) is 14.0 Å². The molecule has 1 saturated carbocycles. The third kappa shape index (κ3) is 4.35. The van der Waals surface area contributed by atoms with E-state index in [0.29, 0.717) is 5.69 Å². The highest BCUT2D eigenvalue weighted by molar-refractivity contribution is 7.10. The summed E-state index contributed by atoms with van der Waals surface area (Å²) in [6.07, 6.45) is 4.03. The van der Waals surface area contributed by atoms with E-state index < -0.39 is 17.8 Å². The Morgan fingerprint density at radius 1 is 1.17 bits per heavy atom. The van der Waals surface area contributed by atoms with Gasteiger partial charge in [0.2, 0.25) is 5.91 Å². The van der Waals surface area contributed by atoms with E-state index in [1.54, 1.807) is 5.38 Å². The van der Waals surface area contributed by atoms with Gasteiger partial charge in [-0.3, -0.25) is 14.5 Å². The van der Waals surface area contributed by atoms with Gasteiger partial charge in [0.1, 0.15) is 5.82 Å². The molecule has 9 heteroatoms. The average Bonchev–Trinajstić information content (AvgIpc) is 3.49. The zero-order valence-electron chi connectivity index (χ0n) is 15.5. The molecular weight excluding hydrogens is 411 g/mol. The SMILES string of the molecule is O=C(NC1CCCC1)C(c1cccs1)N(C(=O)c1csnn1)c1ccc(F)cc1. The Hall–Kier alpha value is -2.65. The molecule has 1 aromatic carbocycles. The van der Waals surface area contributed by atoms with Gasteiger partial charge in [-0.1, -0.05) is 23.4 Å². The highest BCUT2D eigenvalue weighted by atomic mass is 32.1. The van der Waals surface area contributed by atoms with Crippen LogP contribution in [0.2, 0.25) is 0 Å². The Balaban J connectivity index is 1.75. The van der Waals surface area contributed by atoms with Gasteiger partial charge in [-0.25, -0.2) is 4.39 Å². The number of benzene rings is 1. The van der Waals surface area contributed by atoms with Gasteiger partial charge >= 0.3 is 0 Å². The zero-order valence-corrected chi connectivity index (χ0v) is 17.1. The first-order chi connectivity index (χ1) is 14.1. The maximum atomic E-state index is 13.5. The molecule has 2 heterocycles. The van der Waals surface area contributed by atoms with Crippen molar-refractivity contribution in [1.82, 2.24) is 14.9 Å². The summed E-state index contributed by atoms with van der Waals surface area (Å²) in [6.45, 7) is 0. The van der Waals surface area contributed by atoms with Crippen LogP contribution in [-0.4, -0.2) is 27.4 Å². The molecule has 1 N–H and O–H groups in total. The molecule has 2 amide bonds. The van der Waals surface area contributed by atoms with E-state index in [4.69, 9.17) is 0 Å². The molecule has 0 bridgehead atoms. The Labute approximate surface area is 175 Å². The second-order valence-electron chi connectivity index (χ2n) is 6.85. The molecule has 29 heavy (non-hydrogen) atoms. The standard InChI is InChI=1S/C20H19FN4O2S2/c21-13-7-9-15(10-8-13)25(20(27)16-12-29-24-23-16)18(17-6-3-11-28-17)19(26)22-14-4-1-2-5-14/h3,6-12,14,18H,1-2,4-5H2,(H,22,26). The van der Waals surface area contributed by atoms with E-state index in [-0.39, 0.29) is 17.6 Å². The van der Waals surface area contributed by atoms with E-state index >= 15 is 0 Å². The lowest BCUT2D eigenvalue weighted by molar-refractivity contribution is -0.123. The van der Waals surface area contributed by atoms with Crippen LogP contribution in [0, 0.1) is 5.82 Å². The fourth-order valence-corrected chi connectivity index (χ4v) is 4.78. The molecule has 4 rings (SSSR count). The fourth-order valence-electron chi connectivity index (χ4n) is 3.54. The van der Waals surface area contributed by atoms with Gasteiger partial charge in [-0.05, 0) is 60.1 Å². The predicted molar refractivity (Wildman–Crippen MR) is 111 cm³/mol. The highest BCUT2D eigenvalue weighted by Crippen LogP contribution is 2.33. The van der Waals surface area contributed by atoms with Crippen molar-refractivity contribution in [3.63, 3.8) is 0 Å². The third-order valence-electron chi connectivity index (χ3n) is 4.92. The maximum absolute atomic E-state index is 13.5. The minimum Gasteiger partial charge on any atom is -0.351 e. The first-order valence-corrected chi connectivity index (χ1v) is 11.0. The van der Waals surface area contributed by atoms with Crippen LogP contribution in [0.25, 0.3) is 0 Å². The first kappa shape index (κ1) is 19.7. The number of halogens is 1. The van der Waals surface area contributed by atoms with Crippen molar-refractivity contribution < 1.29 is 14.0 Å². The molecule has 0 aliphatic heterocycles. The van der Waals surface area contributed by atoms with Gasteiger partial charge in [0, 0.05) is 22.0 Å². The lowest BCUT2D eigenvalue weighted by atomic mass is 10.1. The molecule has 1 fully saturated rings. The molecule has 0 radical (unpaired) electrons. The quantitative estimate of drug-likeness (QED) is 0.636. The van der Waals surface area contributed by atoms with Crippen molar-refractivity contribution in [3.8, 4) is 0 Å². The number of carbonyl (C=O) groups is 2. The number of anilines is 1. The fraction of sp³-hybridized carbons (Fsp3) is 0.300. The number of aromatic nitrogens is 2. The molecule has 1 aliphatic carbocycles. The van der Waals surface area contributed by atoms with Gasteiger partial charge in [-0.2, -0.15) is 0 Å². The number of amides is 2. The van der Waals surface area contributed by atoms with Crippen LogP contribution in [0.5, 0.6) is 0 Å². The van der Waals surface area contributed by atoms with Crippen LogP contribution < -0.4 is 10.2 Å². The normalized spacial score (nSPS) is 15.2. The third-order valence-corrected chi connectivity index (χ3v) is 6.35. The smallest absolute Gasteiger partial charge is 0.280 e. The summed E-state index contributed by atoms with van der Waals surface area (Å²) in [5, 5.41) is 10.4. The Morgan fingerprint density at radius 3 is 2.55 bits per heavy atom. The zero-order chi connectivity index (χ0) is 20.2. The molecule has 3 aromatic rings. The Kier molecular flexibility index (Phi) is 5.96. The molecule has 0 spiro atoms. The average molecular weight is 431 g/mol. The number of nitrogens with zero attached hydrogens (tertiary/aromatic N) is 3. The molecule has 6 nitrogen and oxygen atoms in total. The predicted octanol–water partition coefficient (Wildman–Crippen LogP) is 4.19. The number of nitrogens with one attached hydrogen (secondary N) is 1. The van der Waals surface area contributed by atoms with Crippen LogP contribution in [0.4, 0.5) is 10.1 Å².